The van der Waals surface area contributed by atoms with Crippen molar-refractivity contribution in [3.8, 4) is 11.3 Å². The summed E-state index contributed by atoms with van der Waals surface area (Å²) >= 11 is 6.54. The first kappa shape index (κ1) is 17.6. The van der Waals surface area contributed by atoms with Crippen LogP contribution in [0.2, 0.25) is 5.02 Å². The first-order valence-corrected chi connectivity index (χ1v) is 9.50. The molecular formula is C23H15ClFN3O. The zero-order valence-electron chi connectivity index (χ0n) is 15.1. The second-order valence-corrected chi connectivity index (χ2v) is 7.21. The van der Waals surface area contributed by atoms with Crippen LogP contribution >= 0.6 is 11.6 Å². The molecule has 0 unspecified atom stereocenters. The molecule has 1 aromatic heterocycles. The smallest absolute Gasteiger partial charge is 0.277 e. The van der Waals surface area contributed by atoms with Gasteiger partial charge in [0, 0.05) is 21.8 Å². The normalized spacial score (nSPS) is 15.6. The van der Waals surface area contributed by atoms with E-state index in [2.05, 4.69) is 10.2 Å². The Labute approximate surface area is 171 Å². The van der Waals surface area contributed by atoms with Gasteiger partial charge in [-0.25, -0.2) is 4.39 Å². The van der Waals surface area contributed by atoms with E-state index < -0.39 is 6.04 Å². The quantitative estimate of drug-likeness (QED) is 0.482. The monoisotopic (exact) mass is 403 g/mol. The van der Waals surface area contributed by atoms with Crippen molar-refractivity contribution in [2.24, 2.45) is 0 Å². The number of aromatic nitrogens is 2. The van der Waals surface area contributed by atoms with E-state index in [1.54, 1.807) is 23.1 Å². The second kappa shape index (κ2) is 6.87. The van der Waals surface area contributed by atoms with Gasteiger partial charge in [0.2, 0.25) is 0 Å². The number of rotatable bonds is 3. The zero-order valence-corrected chi connectivity index (χ0v) is 15.9. The highest BCUT2D eigenvalue weighted by molar-refractivity contribution is 6.31. The summed E-state index contributed by atoms with van der Waals surface area (Å²) in [5.74, 6) is -0.512. The molecule has 0 fully saturated rings. The number of amides is 1. The van der Waals surface area contributed by atoms with Crippen molar-refractivity contribution in [1.29, 1.82) is 0 Å². The largest absolute Gasteiger partial charge is 0.295 e. The van der Waals surface area contributed by atoms with Crippen LogP contribution in [0.5, 0.6) is 0 Å². The molecule has 0 saturated heterocycles. The third-order valence-corrected chi connectivity index (χ3v) is 5.46. The van der Waals surface area contributed by atoms with Crippen LogP contribution in [0.25, 0.3) is 11.3 Å². The molecule has 0 saturated carbocycles. The first-order valence-electron chi connectivity index (χ1n) is 9.12. The predicted molar refractivity (Wildman–Crippen MR) is 111 cm³/mol. The van der Waals surface area contributed by atoms with Crippen molar-refractivity contribution in [2.75, 3.05) is 4.90 Å². The molecule has 6 heteroatoms. The van der Waals surface area contributed by atoms with E-state index in [4.69, 9.17) is 11.6 Å². The molecule has 3 aromatic carbocycles. The lowest BCUT2D eigenvalue weighted by molar-refractivity contribution is 0.0989. The van der Waals surface area contributed by atoms with Crippen LogP contribution in [0.3, 0.4) is 0 Å². The number of nitrogens with zero attached hydrogens (tertiary/aromatic N) is 2. The Hall–Kier alpha value is -3.44. The van der Waals surface area contributed by atoms with E-state index in [0.29, 0.717) is 16.4 Å². The standard InChI is InChI=1S/C23H15ClFN3O/c24-18-9-5-4-8-17(18)22-19-20(14-10-12-15(25)13-11-14)26-27-21(19)23(29)28(22)16-6-2-1-3-7-16/h1-13,22H,(H,26,27)/t22-/m0/s1. The number of carbonyl (C=O) groups excluding carboxylic acids is 1. The number of nitrogens with one attached hydrogen (secondary N) is 1. The summed E-state index contributed by atoms with van der Waals surface area (Å²) in [6, 6.07) is 22.5. The van der Waals surface area contributed by atoms with Gasteiger partial charge in [-0.1, -0.05) is 48.0 Å². The van der Waals surface area contributed by atoms with E-state index in [-0.39, 0.29) is 11.7 Å². The van der Waals surface area contributed by atoms with Crippen LogP contribution in [0, 0.1) is 5.82 Å². The minimum atomic E-state index is -0.451. The Morgan fingerprint density at radius 1 is 0.931 bits per heavy atom. The highest BCUT2D eigenvalue weighted by atomic mass is 35.5. The molecule has 1 aliphatic heterocycles. The highest BCUT2D eigenvalue weighted by Crippen LogP contribution is 2.46. The molecule has 1 atom stereocenters. The van der Waals surface area contributed by atoms with E-state index >= 15 is 0 Å². The molecule has 0 spiro atoms. The molecule has 4 aromatic rings. The summed E-state index contributed by atoms with van der Waals surface area (Å²) in [7, 11) is 0. The fourth-order valence-corrected chi connectivity index (χ4v) is 4.06. The average molecular weight is 404 g/mol. The Morgan fingerprint density at radius 2 is 1.62 bits per heavy atom. The van der Waals surface area contributed by atoms with E-state index in [1.807, 2.05) is 48.5 Å². The lowest BCUT2D eigenvalue weighted by Gasteiger charge is -2.27. The van der Waals surface area contributed by atoms with Gasteiger partial charge in [-0.3, -0.25) is 14.8 Å². The molecule has 2 heterocycles. The van der Waals surface area contributed by atoms with Crippen LogP contribution in [-0.2, 0) is 0 Å². The fourth-order valence-electron chi connectivity index (χ4n) is 3.82. The Balaban J connectivity index is 1.75. The Kier molecular flexibility index (Phi) is 4.18. The van der Waals surface area contributed by atoms with Crippen molar-refractivity contribution in [1.82, 2.24) is 10.2 Å². The number of fused-ring (bicyclic) bond motifs is 1. The fraction of sp³-hybridized carbons (Fsp3) is 0.0435. The van der Waals surface area contributed by atoms with Gasteiger partial charge in [-0.2, -0.15) is 5.10 Å². The summed E-state index contributed by atoms with van der Waals surface area (Å²) in [4.78, 5) is 15.1. The molecule has 142 valence electrons. The Bertz CT molecular complexity index is 1200. The molecule has 1 amide bonds. The third-order valence-electron chi connectivity index (χ3n) is 5.12. The van der Waals surface area contributed by atoms with Gasteiger partial charge >= 0.3 is 0 Å². The molecule has 5 rings (SSSR count). The number of halogens is 2. The highest BCUT2D eigenvalue weighted by Gasteiger charge is 2.43. The number of carbonyl (C=O) groups is 1. The minimum Gasteiger partial charge on any atom is -0.295 e. The number of para-hydroxylation sites is 1. The average Bonchev–Trinajstić information content (AvgIpc) is 3.29. The summed E-state index contributed by atoms with van der Waals surface area (Å²) in [6.45, 7) is 0. The van der Waals surface area contributed by atoms with Gasteiger partial charge in [0.1, 0.15) is 11.5 Å². The van der Waals surface area contributed by atoms with E-state index in [0.717, 1.165) is 22.4 Å². The molecular weight excluding hydrogens is 389 g/mol. The van der Waals surface area contributed by atoms with Gasteiger partial charge in [0.05, 0.1) is 11.7 Å². The topological polar surface area (TPSA) is 49.0 Å². The van der Waals surface area contributed by atoms with Crippen LogP contribution in [-0.4, -0.2) is 16.1 Å². The second-order valence-electron chi connectivity index (χ2n) is 6.80. The molecule has 4 nitrogen and oxygen atoms in total. The van der Waals surface area contributed by atoms with Crippen molar-refractivity contribution in [3.05, 3.63) is 107 Å². The lowest BCUT2D eigenvalue weighted by atomic mass is 9.96. The van der Waals surface area contributed by atoms with Crippen LogP contribution in [0.4, 0.5) is 10.1 Å². The van der Waals surface area contributed by atoms with Crippen LogP contribution in [0.15, 0.2) is 78.9 Å². The number of hydrogen-bond donors (Lipinski definition) is 1. The van der Waals surface area contributed by atoms with Gasteiger partial charge in [0.25, 0.3) is 5.91 Å². The number of benzene rings is 3. The maximum Gasteiger partial charge on any atom is 0.277 e. The molecule has 29 heavy (non-hydrogen) atoms. The van der Waals surface area contributed by atoms with Gasteiger partial charge in [-0.05, 0) is 48.0 Å². The van der Waals surface area contributed by atoms with Gasteiger partial charge in [-0.15, -0.1) is 0 Å². The van der Waals surface area contributed by atoms with Crippen molar-refractivity contribution in [3.63, 3.8) is 0 Å². The Morgan fingerprint density at radius 3 is 2.34 bits per heavy atom. The van der Waals surface area contributed by atoms with Crippen LogP contribution in [0.1, 0.15) is 27.7 Å². The molecule has 0 radical (unpaired) electrons. The molecule has 0 bridgehead atoms. The number of H-pyrrole nitrogens is 1. The SMILES string of the molecule is O=C1c2[nH]nc(-c3ccc(F)cc3)c2[C@H](c2ccccc2Cl)N1c1ccccc1. The molecule has 1 aliphatic rings. The van der Waals surface area contributed by atoms with Crippen LogP contribution < -0.4 is 4.90 Å². The van der Waals surface area contributed by atoms with Crippen molar-refractivity contribution >= 4 is 23.2 Å². The summed E-state index contributed by atoms with van der Waals surface area (Å²) in [5, 5.41) is 7.83. The van der Waals surface area contributed by atoms with E-state index in [9.17, 15) is 9.18 Å². The third kappa shape index (κ3) is 2.82. The van der Waals surface area contributed by atoms with E-state index in [1.165, 1.54) is 12.1 Å². The summed E-state index contributed by atoms with van der Waals surface area (Å²) in [5.41, 5.74) is 4.05. The molecule has 1 N–H and O–H groups in total. The first-order chi connectivity index (χ1) is 14.1. The van der Waals surface area contributed by atoms with Crippen molar-refractivity contribution < 1.29 is 9.18 Å². The number of hydrogen-bond acceptors (Lipinski definition) is 2. The zero-order chi connectivity index (χ0) is 20.0. The van der Waals surface area contributed by atoms with Crippen molar-refractivity contribution in [2.45, 2.75) is 6.04 Å². The number of aromatic amines is 1. The minimum absolute atomic E-state index is 0.183. The maximum absolute atomic E-state index is 13.4. The lowest BCUT2D eigenvalue weighted by Crippen LogP contribution is -2.29. The predicted octanol–water partition coefficient (Wildman–Crippen LogP) is 5.62. The molecule has 0 aliphatic carbocycles. The van der Waals surface area contributed by atoms with Gasteiger partial charge < -0.3 is 0 Å². The van der Waals surface area contributed by atoms with Gasteiger partial charge in [0.15, 0.2) is 0 Å². The number of anilines is 1. The summed E-state index contributed by atoms with van der Waals surface area (Å²) < 4.78 is 13.4. The maximum atomic E-state index is 13.4. The summed E-state index contributed by atoms with van der Waals surface area (Å²) in [6.07, 6.45) is 0.